The Kier molecular flexibility index (Phi) is 6.83. The number of pyridine rings is 1. The summed E-state index contributed by atoms with van der Waals surface area (Å²) < 4.78 is 73.6. The highest BCUT2D eigenvalue weighted by Crippen LogP contribution is 2.47. The molecule has 1 saturated carbocycles. The van der Waals surface area contributed by atoms with Crippen molar-refractivity contribution < 1.29 is 31.5 Å². The molecule has 11 heteroatoms. The Balaban J connectivity index is 1.85. The fraction of sp³-hybridized carbons (Fsp3) is 0.304. The van der Waals surface area contributed by atoms with Gasteiger partial charge in [0.15, 0.2) is 5.16 Å². The minimum Gasteiger partial charge on any atom is -0.416 e. The van der Waals surface area contributed by atoms with Gasteiger partial charge in [0, 0.05) is 24.0 Å². The first-order chi connectivity index (χ1) is 16.3. The molecule has 0 unspecified atom stereocenters. The molecule has 0 aliphatic heterocycles. The van der Waals surface area contributed by atoms with Crippen molar-refractivity contribution in [3.63, 3.8) is 0 Å². The number of benzene rings is 1. The first-order valence-corrected chi connectivity index (χ1v) is 11.4. The van der Waals surface area contributed by atoms with Crippen LogP contribution in [0.5, 0.6) is 5.75 Å². The quantitative estimate of drug-likeness (QED) is 0.0824. The topological polar surface area (TPSA) is 65.0 Å². The second-order valence-corrected chi connectivity index (χ2v) is 8.90. The summed E-state index contributed by atoms with van der Waals surface area (Å²) in [6.45, 7) is 1.89. The molecule has 3 aromatic rings. The normalized spacial score (nSPS) is 14.9. The van der Waals surface area contributed by atoms with Crippen LogP contribution < -0.4 is 4.74 Å². The van der Waals surface area contributed by atoms with E-state index < -0.39 is 46.2 Å². The molecule has 0 atom stereocenters. The Bertz CT molecular complexity index is 1210. The van der Waals surface area contributed by atoms with E-state index in [1.54, 1.807) is 18.5 Å². The molecule has 1 aromatic carbocycles. The van der Waals surface area contributed by atoms with Crippen LogP contribution in [0, 0.1) is 29.1 Å². The van der Waals surface area contributed by atoms with Gasteiger partial charge in [-0.05, 0) is 30.2 Å². The van der Waals surface area contributed by atoms with Gasteiger partial charge in [0.1, 0.15) is 5.56 Å². The Hall–Kier alpha value is -3.08. The molecular weight excluding hydrogens is 477 g/mol. The average Bonchev–Trinajstić information content (AvgIpc) is 3.36. The highest BCUT2D eigenvalue weighted by molar-refractivity contribution is 7.99. The summed E-state index contributed by atoms with van der Waals surface area (Å²) in [5, 5.41) is 0.375. The molecule has 5 nitrogen and oxygen atoms in total. The molecule has 0 N–H and O–H groups in total. The number of nitrogens with zero attached hydrogens (tertiary/aromatic N) is 3. The van der Waals surface area contributed by atoms with Crippen molar-refractivity contribution >= 4 is 17.7 Å². The third kappa shape index (κ3) is 4.13. The highest BCUT2D eigenvalue weighted by Gasteiger charge is 2.43. The summed E-state index contributed by atoms with van der Waals surface area (Å²) in [6.07, 6.45) is 7.26. The number of halogens is 5. The van der Waals surface area contributed by atoms with Gasteiger partial charge in [-0.2, -0.15) is 8.78 Å². The molecule has 4 rings (SSSR count). The van der Waals surface area contributed by atoms with Crippen molar-refractivity contribution in [2.24, 2.45) is 0 Å². The van der Waals surface area contributed by atoms with Gasteiger partial charge in [-0.15, -0.1) is 0 Å². The zero-order valence-corrected chi connectivity index (χ0v) is 18.7. The van der Waals surface area contributed by atoms with Crippen LogP contribution in [0.15, 0.2) is 35.9 Å². The van der Waals surface area contributed by atoms with Crippen LogP contribution in [0.2, 0.25) is 0 Å². The van der Waals surface area contributed by atoms with E-state index in [9.17, 15) is 26.7 Å². The largest absolute Gasteiger partial charge is 0.416 e. The van der Waals surface area contributed by atoms with Crippen molar-refractivity contribution in [3.05, 3.63) is 76.6 Å². The predicted molar refractivity (Wildman–Crippen MR) is 113 cm³/mol. The molecule has 1 fully saturated rings. The standard InChI is InChI=1S/C23H18F5N3O2S/c1-2-34-22-30-11-13(21(32)33-19-17(27)15(25)14(24)16(26)18(19)28)20(31-22)23(7-3-4-8-23)12-6-5-9-29-10-12/h5-6,9-11H,2-4,7-8H2,1H3. The number of esters is 1. The smallest absolute Gasteiger partial charge is 0.347 e. The van der Waals surface area contributed by atoms with Gasteiger partial charge in [-0.1, -0.05) is 37.6 Å². The van der Waals surface area contributed by atoms with Crippen LogP contribution >= 0.6 is 11.8 Å². The molecule has 34 heavy (non-hydrogen) atoms. The average molecular weight is 495 g/mol. The predicted octanol–water partition coefficient (Wildman–Crippen LogP) is 5.76. The lowest BCUT2D eigenvalue weighted by Crippen LogP contribution is -2.30. The van der Waals surface area contributed by atoms with Crippen LogP contribution in [0.1, 0.15) is 54.2 Å². The van der Waals surface area contributed by atoms with E-state index in [0.29, 0.717) is 23.8 Å². The summed E-state index contributed by atoms with van der Waals surface area (Å²) in [4.78, 5) is 25.9. The zero-order chi connectivity index (χ0) is 24.5. The van der Waals surface area contributed by atoms with Crippen molar-refractivity contribution in [1.82, 2.24) is 15.0 Å². The summed E-state index contributed by atoms with van der Waals surface area (Å²) in [5.41, 5.74) is 0.0576. The molecule has 2 heterocycles. The maximum Gasteiger partial charge on any atom is 0.347 e. The number of carbonyl (C=O) groups excluding carboxylic acids is 1. The summed E-state index contributed by atoms with van der Waals surface area (Å²) in [7, 11) is 0. The molecule has 0 bridgehead atoms. The third-order valence-corrected chi connectivity index (χ3v) is 6.49. The number of hydrogen-bond donors (Lipinski definition) is 0. The fourth-order valence-corrected chi connectivity index (χ4v) is 4.73. The van der Waals surface area contributed by atoms with Gasteiger partial charge < -0.3 is 4.74 Å². The number of carbonyl (C=O) groups is 1. The van der Waals surface area contributed by atoms with E-state index in [2.05, 4.69) is 15.0 Å². The summed E-state index contributed by atoms with van der Waals surface area (Å²) >= 11 is 1.33. The van der Waals surface area contributed by atoms with E-state index in [-0.39, 0.29) is 11.3 Å². The van der Waals surface area contributed by atoms with Crippen LogP contribution in [-0.4, -0.2) is 26.7 Å². The van der Waals surface area contributed by atoms with Gasteiger partial charge in [-0.25, -0.2) is 27.9 Å². The monoisotopic (exact) mass is 495 g/mol. The minimum absolute atomic E-state index is 0.227. The molecule has 1 aliphatic rings. The van der Waals surface area contributed by atoms with E-state index in [1.165, 1.54) is 11.8 Å². The second kappa shape index (κ2) is 9.65. The molecule has 0 spiro atoms. The van der Waals surface area contributed by atoms with E-state index >= 15 is 0 Å². The van der Waals surface area contributed by atoms with Crippen LogP contribution in [-0.2, 0) is 5.41 Å². The molecule has 0 amide bonds. The SMILES string of the molecule is CCSc1ncc(C(=O)Oc2c(F)c(F)c(F)c(F)c2F)c(C2(c3cccnc3)CCCC2)n1. The van der Waals surface area contributed by atoms with Gasteiger partial charge in [-0.3, -0.25) is 4.98 Å². The number of ether oxygens (including phenoxy) is 1. The van der Waals surface area contributed by atoms with E-state index in [0.717, 1.165) is 24.6 Å². The molecule has 0 radical (unpaired) electrons. The number of hydrogen-bond acceptors (Lipinski definition) is 6. The van der Waals surface area contributed by atoms with Crippen molar-refractivity contribution in [3.8, 4) is 5.75 Å². The van der Waals surface area contributed by atoms with Crippen LogP contribution in [0.4, 0.5) is 22.0 Å². The highest BCUT2D eigenvalue weighted by atomic mass is 32.2. The fourth-order valence-electron chi connectivity index (χ4n) is 4.19. The Morgan fingerprint density at radius 1 is 1.03 bits per heavy atom. The molecule has 2 aromatic heterocycles. The summed E-state index contributed by atoms with van der Waals surface area (Å²) in [6, 6.07) is 3.58. The molecule has 178 valence electrons. The zero-order valence-electron chi connectivity index (χ0n) is 17.9. The maximum absolute atomic E-state index is 14.1. The lowest BCUT2D eigenvalue weighted by Gasteiger charge is -2.30. The first-order valence-electron chi connectivity index (χ1n) is 10.4. The Morgan fingerprint density at radius 2 is 1.68 bits per heavy atom. The summed E-state index contributed by atoms with van der Waals surface area (Å²) in [5.74, 6) is -13.6. The lowest BCUT2D eigenvalue weighted by atomic mass is 9.75. The minimum atomic E-state index is -2.35. The molecule has 1 aliphatic carbocycles. The second-order valence-electron chi connectivity index (χ2n) is 7.67. The maximum atomic E-state index is 14.1. The van der Waals surface area contributed by atoms with Crippen molar-refractivity contribution in [2.45, 2.75) is 43.2 Å². The van der Waals surface area contributed by atoms with Crippen LogP contribution in [0.3, 0.4) is 0 Å². The third-order valence-electron chi connectivity index (χ3n) is 5.75. The number of rotatable bonds is 6. The lowest BCUT2D eigenvalue weighted by molar-refractivity contribution is 0.0711. The number of thioether (sulfide) groups is 1. The first kappa shape index (κ1) is 24.1. The van der Waals surface area contributed by atoms with E-state index in [1.807, 2.05) is 13.0 Å². The van der Waals surface area contributed by atoms with Gasteiger partial charge >= 0.3 is 5.97 Å². The molecule has 0 saturated heterocycles. The molecular formula is C23H18F5N3O2S. The Morgan fingerprint density at radius 3 is 2.26 bits per heavy atom. The van der Waals surface area contributed by atoms with Crippen molar-refractivity contribution in [1.29, 1.82) is 0 Å². The van der Waals surface area contributed by atoms with Gasteiger partial charge in [0.05, 0.1) is 5.69 Å². The van der Waals surface area contributed by atoms with Gasteiger partial charge in [0.25, 0.3) is 0 Å². The van der Waals surface area contributed by atoms with Crippen LogP contribution in [0.25, 0.3) is 0 Å². The van der Waals surface area contributed by atoms with Gasteiger partial charge in [0.2, 0.25) is 34.8 Å². The van der Waals surface area contributed by atoms with Crippen molar-refractivity contribution in [2.75, 3.05) is 5.75 Å². The number of aromatic nitrogens is 3. The Labute approximate surface area is 195 Å². The van der Waals surface area contributed by atoms with E-state index in [4.69, 9.17) is 4.74 Å².